The van der Waals surface area contributed by atoms with Crippen LogP contribution in [0.5, 0.6) is 0 Å². The monoisotopic (exact) mass is 242 g/mol. The molecule has 0 spiro atoms. The van der Waals surface area contributed by atoms with Crippen LogP contribution in [0.2, 0.25) is 0 Å². The maximum Gasteiger partial charge on any atom is 0.257 e. The van der Waals surface area contributed by atoms with E-state index in [9.17, 15) is 0 Å². The number of anilines is 1. The number of hydrogen-bond acceptors (Lipinski definition) is 6. The Bertz CT molecular complexity index is 644. The molecule has 0 saturated carbocycles. The summed E-state index contributed by atoms with van der Waals surface area (Å²) in [4.78, 5) is 4.28. The lowest BCUT2D eigenvalue weighted by atomic mass is 10.2. The van der Waals surface area contributed by atoms with E-state index in [2.05, 4.69) is 20.5 Å². The standard InChI is InChI=1S/C11H10N6O/c12-9-6-17(16-14-9)7-10-13-11(18-15-10)8-4-2-1-3-5-8/h1-6H,7,12H2. The molecule has 3 rings (SSSR count). The van der Waals surface area contributed by atoms with E-state index in [0.717, 1.165) is 5.56 Å². The lowest BCUT2D eigenvalue weighted by Gasteiger charge is -1.92. The van der Waals surface area contributed by atoms with Crippen molar-refractivity contribution in [1.29, 1.82) is 0 Å². The molecular weight excluding hydrogens is 232 g/mol. The van der Waals surface area contributed by atoms with Gasteiger partial charge in [-0.05, 0) is 12.1 Å². The molecule has 3 aromatic rings. The highest BCUT2D eigenvalue weighted by molar-refractivity contribution is 5.51. The van der Waals surface area contributed by atoms with Crippen LogP contribution in [0.4, 0.5) is 5.82 Å². The Morgan fingerprint density at radius 2 is 2.06 bits per heavy atom. The van der Waals surface area contributed by atoms with Crippen molar-refractivity contribution in [3.8, 4) is 11.5 Å². The maximum atomic E-state index is 5.47. The Morgan fingerprint density at radius 3 is 2.78 bits per heavy atom. The van der Waals surface area contributed by atoms with E-state index in [4.69, 9.17) is 10.3 Å². The Kier molecular flexibility index (Phi) is 2.49. The molecule has 0 radical (unpaired) electrons. The molecule has 2 heterocycles. The molecule has 0 unspecified atom stereocenters. The number of hydrogen-bond donors (Lipinski definition) is 1. The number of nitrogens with two attached hydrogens (primary N) is 1. The van der Waals surface area contributed by atoms with Crippen molar-refractivity contribution < 1.29 is 4.52 Å². The number of nitrogen functional groups attached to an aromatic ring is 1. The molecule has 7 nitrogen and oxygen atoms in total. The fourth-order valence-corrected chi connectivity index (χ4v) is 1.55. The third-order valence-corrected chi connectivity index (χ3v) is 2.35. The second kappa shape index (κ2) is 4.28. The molecule has 0 saturated heterocycles. The molecule has 2 N–H and O–H groups in total. The van der Waals surface area contributed by atoms with Crippen molar-refractivity contribution in [3.63, 3.8) is 0 Å². The Hall–Kier alpha value is -2.70. The van der Waals surface area contributed by atoms with Crippen LogP contribution >= 0.6 is 0 Å². The summed E-state index contributed by atoms with van der Waals surface area (Å²) in [6, 6.07) is 9.57. The van der Waals surface area contributed by atoms with E-state index >= 15 is 0 Å². The lowest BCUT2D eigenvalue weighted by Crippen LogP contribution is -2.02. The molecule has 0 aliphatic carbocycles. The molecule has 0 atom stereocenters. The van der Waals surface area contributed by atoms with Gasteiger partial charge in [0, 0.05) is 5.56 Å². The average molecular weight is 242 g/mol. The highest BCUT2D eigenvalue weighted by atomic mass is 16.5. The third kappa shape index (κ3) is 2.05. The van der Waals surface area contributed by atoms with Gasteiger partial charge in [-0.2, -0.15) is 4.98 Å². The first-order chi connectivity index (χ1) is 8.81. The predicted molar refractivity (Wildman–Crippen MR) is 63.3 cm³/mol. The quantitative estimate of drug-likeness (QED) is 0.734. The number of aromatic nitrogens is 5. The first kappa shape index (κ1) is 10.5. The minimum Gasteiger partial charge on any atom is -0.381 e. The summed E-state index contributed by atoms with van der Waals surface area (Å²) in [5, 5.41) is 11.4. The van der Waals surface area contributed by atoms with E-state index < -0.39 is 0 Å². The fourth-order valence-electron chi connectivity index (χ4n) is 1.55. The predicted octanol–water partition coefficient (Wildman–Crippen LogP) is 0.959. The van der Waals surface area contributed by atoms with Gasteiger partial charge in [0.15, 0.2) is 11.6 Å². The van der Waals surface area contributed by atoms with Crippen LogP contribution in [0.1, 0.15) is 5.82 Å². The van der Waals surface area contributed by atoms with E-state index in [0.29, 0.717) is 24.1 Å². The Balaban J connectivity index is 1.82. The molecular formula is C11H10N6O. The number of rotatable bonds is 3. The van der Waals surface area contributed by atoms with Crippen LogP contribution in [0.25, 0.3) is 11.5 Å². The Morgan fingerprint density at radius 1 is 1.22 bits per heavy atom. The van der Waals surface area contributed by atoms with Gasteiger partial charge < -0.3 is 10.3 Å². The van der Waals surface area contributed by atoms with Crippen molar-refractivity contribution in [3.05, 3.63) is 42.4 Å². The molecule has 1 aromatic carbocycles. The Labute approximate surface area is 102 Å². The second-order valence-electron chi connectivity index (χ2n) is 3.72. The van der Waals surface area contributed by atoms with Gasteiger partial charge in [0.05, 0.1) is 6.20 Å². The van der Waals surface area contributed by atoms with Crippen LogP contribution in [-0.2, 0) is 6.54 Å². The highest BCUT2D eigenvalue weighted by Crippen LogP contribution is 2.16. The summed E-state index contributed by atoms with van der Waals surface area (Å²) >= 11 is 0. The molecule has 0 aliphatic heterocycles. The SMILES string of the molecule is Nc1cn(Cc2noc(-c3ccccc3)n2)nn1. The molecule has 7 heteroatoms. The van der Waals surface area contributed by atoms with E-state index in [1.54, 1.807) is 10.9 Å². The van der Waals surface area contributed by atoms with E-state index in [1.807, 2.05) is 30.3 Å². The highest BCUT2D eigenvalue weighted by Gasteiger charge is 2.09. The second-order valence-corrected chi connectivity index (χ2v) is 3.72. The lowest BCUT2D eigenvalue weighted by molar-refractivity contribution is 0.418. The first-order valence-electron chi connectivity index (χ1n) is 5.35. The molecule has 90 valence electrons. The maximum absolute atomic E-state index is 5.47. The van der Waals surface area contributed by atoms with Crippen LogP contribution in [0, 0.1) is 0 Å². The van der Waals surface area contributed by atoms with Crippen LogP contribution in [0.15, 0.2) is 41.1 Å². The normalized spacial score (nSPS) is 10.7. The summed E-state index contributed by atoms with van der Waals surface area (Å²) < 4.78 is 6.73. The van der Waals surface area contributed by atoms with Gasteiger partial charge in [0.1, 0.15) is 6.54 Å². The van der Waals surface area contributed by atoms with Crippen molar-refractivity contribution in [2.24, 2.45) is 0 Å². The van der Waals surface area contributed by atoms with Gasteiger partial charge in [-0.3, -0.25) is 0 Å². The zero-order chi connectivity index (χ0) is 12.4. The van der Waals surface area contributed by atoms with E-state index in [-0.39, 0.29) is 0 Å². The minimum absolute atomic E-state index is 0.363. The summed E-state index contributed by atoms with van der Waals surface area (Å²) in [5.74, 6) is 1.37. The van der Waals surface area contributed by atoms with Crippen molar-refractivity contribution >= 4 is 5.82 Å². The van der Waals surface area contributed by atoms with Gasteiger partial charge in [-0.25, -0.2) is 4.68 Å². The zero-order valence-electron chi connectivity index (χ0n) is 9.39. The van der Waals surface area contributed by atoms with Crippen LogP contribution in [0.3, 0.4) is 0 Å². The molecule has 2 aromatic heterocycles. The minimum atomic E-state index is 0.363. The van der Waals surface area contributed by atoms with Crippen LogP contribution in [-0.4, -0.2) is 25.1 Å². The summed E-state index contributed by atoms with van der Waals surface area (Å²) in [7, 11) is 0. The summed E-state index contributed by atoms with van der Waals surface area (Å²) in [6.45, 7) is 0.376. The molecule has 0 aliphatic rings. The van der Waals surface area contributed by atoms with Gasteiger partial charge in [-0.15, -0.1) is 5.10 Å². The number of benzene rings is 1. The molecule has 0 amide bonds. The molecule has 18 heavy (non-hydrogen) atoms. The van der Waals surface area contributed by atoms with Gasteiger partial charge >= 0.3 is 0 Å². The average Bonchev–Trinajstić information content (AvgIpc) is 3.01. The van der Waals surface area contributed by atoms with Gasteiger partial charge in [0.25, 0.3) is 5.89 Å². The largest absolute Gasteiger partial charge is 0.381 e. The smallest absolute Gasteiger partial charge is 0.257 e. The first-order valence-corrected chi connectivity index (χ1v) is 5.35. The molecule has 0 bridgehead atoms. The number of nitrogens with zero attached hydrogens (tertiary/aromatic N) is 5. The van der Waals surface area contributed by atoms with Crippen molar-refractivity contribution in [2.75, 3.05) is 5.73 Å². The fraction of sp³-hybridized carbons (Fsp3) is 0.0909. The topological polar surface area (TPSA) is 95.7 Å². The third-order valence-electron chi connectivity index (χ3n) is 2.35. The summed E-state index contributed by atoms with van der Waals surface area (Å²) in [6.07, 6.45) is 1.61. The van der Waals surface area contributed by atoms with Crippen molar-refractivity contribution in [1.82, 2.24) is 25.1 Å². The van der Waals surface area contributed by atoms with Crippen LogP contribution < -0.4 is 5.73 Å². The van der Waals surface area contributed by atoms with Gasteiger partial charge in [-0.1, -0.05) is 28.6 Å². The van der Waals surface area contributed by atoms with E-state index in [1.165, 1.54) is 0 Å². The van der Waals surface area contributed by atoms with Gasteiger partial charge in [0.2, 0.25) is 0 Å². The summed E-state index contributed by atoms with van der Waals surface area (Å²) in [5.41, 5.74) is 6.35. The zero-order valence-corrected chi connectivity index (χ0v) is 9.39. The molecule has 0 fully saturated rings. The van der Waals surface area contributed by atoms with Crippen molar-refractivity contribution in [2.45, 2.75) is 6.54 Å².